The minimum absolute atomic E-state index is 0.0469. The number of halogens is 4. The summed E-state index contributed by atoms with van der Waals surface area (Å²) in [5.41, 5.74) is 0.984. The van der Waals surface area contributed by atoms with Gasteiger partial charge in [0.25, 0.3) is 6.08 Å². The van der Waals surface area contributed by atoms with E-state index in [0.717, 1.165) is 37.3 Å². The van der Waals surface area contributed by atoms with Crippen molar-refractivity contribution in [3.8, 4) is 23.2 Å². The van der Waals surface area contributed by atoms with Crippen molar-refractivity contribution < 1.29 is 17.6 Å². The third kappa shape index (κ3) is 6.65. The quantitative estimate of drug-likeness (QED) is 0.278. The van der Waals surface area contributed by atoms with E-state index in [1.165, 1.54) is 12.1 Å². The molecule has 1 aliphatic rings. The van der Waals surface area contributed by atoms with Crippen LogP contribution in [0.2, 0.25) is 0 Å². The molecule has 0 N–H and O–H groups in total. The lowest BCUT2D eigenvalue weighted by atomic mass is 9.82. The summed E-state index contributed by atoms with van der Waals surface area (Å²) >= 11 is 0. The van der Waals surface area contributed by atoms with Gasteiger partial charge in [0.15, 0.2) is 5.82 Å². The molecule has 1 aliphatic carbocycles. The molecule has 0 radical (unpaired) electrons. The van der Waals surface area contributed by atoms with Crippen LogP contribution >= 0.6 is 0 Å². The Labute approximate surface area is 180 Å². The Balaban J connectivity index is 1.68. The van der Waals surface area contributed by atoms with Gasteiger partial charge in [-0.1, -0.05) is 31.6 Å². The maximum atomic E-state index is 14.6. The molecule has 164 valence electrons. The fourth-order valence-electron chi connectivity index (χ4n) is 3.82. The van der Waals surface area contributed by atoms with E-state index in [1.807, 2.05) is 0 Å². The molecule has 1 saturated carbocycles. The molecule has 0 spiro atoms. The molecule has 0 bridgehead atoms. The van der Waals surface area contributed by atoms with E-state index in [1.54, 1.807) is 12.4 Å². The van der Waals surface area contributed by atoms with Crippen molar-refractivity contribution >= 4 is 0 Å². The van der Waals surface area contributed by atoms with Gasteiger partial charge in [0.1, 0.15) is 11.6 Å². The summed E-state index contributed by atoms with van der Waals surface area (Å²) in [6.45, 7) is 2.14. The Bertz CT molecular complexity index is 938. The van der Waals surface area contributed by atoms with Crippen molar-refractivity contribution in [3.63, 3.8) is 0 Å². The SMILES string of the molecule is CCCCCc1cnc(-c2cc(F)c(C#CC3CCC(C=C(F)F)CC3)c(F)c2)nc1. The molecule has 3 rings (SSSR count). The van der Waals surface area contributed by atoms with Crippen LogP contribution in [0.3, 0.4) is 0 Å². The van der Waals surface area contributed by atoms with Gasteiger partial charge in [0.2, 0.25) is 0 Å². The highest BCUT2D eigenvalue weighted by Crippen LogP contribution is 2.30. The predicted octanol–water partition coefficient (Wildman–Crippen LogP) is 7.09. The van der Waals surface area contributed by atoms with Crippen LogP contribution in [0, 0.1) is 35.3 Å². The molecule has 0 saturated heterocycles. The minimum atomic E-state index is -1.66. The molecule has 1 heterocycles. The Morgan fingerprint density at radius 2 is 1.68 bits per heavy atom. The molecule has 0 aliphatic heterocycles. The zero-order valence-electron chi connectivity index (χ0n) is 17.6. The average molecular weight is 430 g/mol. The summed E-state index contributed by atoms with van der Waals surface area (Å²) in [5, 5.41) is 0. The first-order valence-electron chi connectivity index (χ1n) is 10.8. The average Bonchev–Trinajstić information content (AvgIpc) is 2.74. The van der Waals surface area contributed by atoms with Gasteiger partial charge in [0.05, 0.1) is 5.56 Å². The summed E-state index contributed by atoms with van der Waals surface area (Å²) in [4.78, 5) is 8.50. The summed E-state index contributed by atoms with van der Waals surface area (Å²) in [7, 11) is 0. The van der Waals surface area contributed by atoms with Gasteiger partial charge in [-0.05, 0) is 68.2 Å². The third-order valence-electron chi connectivity index (χ3n) is 5.61. The van der Waals surface area contributed by atoms with Gasteiger partial charge >= 0.3 is 0 Å². The first-order valence-corrected chi connectivity index (χ1v) is 10.8. The maximum absolute atomic E-state index is 14.6. The van der Waals surface area contributed by atoms with E-state index in [9.17, 15) is 17.6 Å². The first-order chi connectivity index (χ1) is 15.0. The normalized spacial score (nSPS) is 18.2. The van der Waals surface area contributed by atoms with Crippen LogP contribution in [0.25, 0.3) is 11.4 Å². The molecule has 6 heteroatoms. The van der Waals surface area contributed by atoms with Crippen LogP contribution < -0.4 is 0 Å². The smallest absolute Gasteiger partial charge is 0.236 e. The van der Waals surface area contributed by atoms with Crippen molar-refractivity contribution in [2.45, 2.75) is 58.3 Å². The second kappa shape index (κ2) is 11.1. The Morgan fingerprint density at radius 1 is 1.03 bits per heavy atom. The molecule has 1 aromatic heterocycles. The molecule has 0 unspecified atom stereocenters. The van der Waals surface area contributed by atoms with Gasteiger partial charge in [0, 0.05) is 23.9 Å². The largest absolute Gasteiger partial charge is 0.266 e. The molecule has 1 fully saturated rings. The minimum Gasteiger partial charge on any atom is -0.236 e. The van der Waals surface area contributed by atoms with Gasteiger partial charge < -0.3 is 0 Å². The number of hydrogen-bond donors (Lipinski definition) is 0. The Hall–Kier alpha value is -2.68. The Kier molecular flexibility index (Phi) is 8.22. The number of rotatable bonds is 6. The van der Waals surface area contributed by atoms with Crippen LogP contribution in [0.4, 0.5) is 17.6 Å². The van der Waals surface area contributed by atoms with E-state index in [4.69, 9.17) is 0 Å². The molecule has 31 heavy (non-hydrogen) atoms. The zero-order valence-corrected chi connectivity index (χ0v) is 17.6. The van der Waals surface area contributed by atoms with Crippen molar-refractivity contribution in [2.24, 2.45) is 11.8 Å². The fraction of sp³-hybridized carbons (Fsp3) is 0.440. The summed E-state index contributed by atoms with van der Waals surface area (Å²) in [6.07, 6.45) is 9.41. The van der Waals surface area contributed by atoms with Crippen molar-refractivity contribution in [1.29, 1.82) is 0 Å². The predicted molar refractivity (Wildman–Crippen MR) is 113 cm³/mol. The van der Waals surface area contributed by atoms with Crippen LogP contribution in [0.15, 0.2) is 36.7 Å². The monoisotopic (exact) mass is 430 g/mol. The maximum Gasteiger partial charge on any atom is 0.266 e. The molecule has 2 aromatic rings. The number of allylic oxidation sites excluding steroid dienone is 1. The Morgan fingerprint density at radius 3 is 2.26 bits per heavy atom. The summed E-state index contributed by atoms with van der Waals surface area (Å²) < 4.78 is 53.8. The standard InChI is InChI=1S/C25H26F4N2/c1-2-3-4-5-19-15-30-25(31-16-19)20-13-22(26)21(23(27)14-20)11-10-17-6-8-18(9-7-17)12-24(28)29/h12-18H,2-9H2,1H3. The second-order valence-electron chi connectivity index (χ2n) is 8.02. The van der Waals surface area contributed by atoms with E-state index in [2.05, 4.69) is 28.7 Å². The number of hydrogen-bond acceptors (Lipinski definition) is 2. The highest BCUT2D eigenvalue weighted by molar-refractivity contribution is 5.57. The molecular formula is C25H26F4N2. The topological polar surface area (TPSA) is 25.8 Å². The van der Waals surface area contributed by atoms with E-state index in [0.29, 0.717) is 25.7 Å². The molecule has 2 nitrogen and oxygen atoms in total. The highest BCUT2D eigenvalue weighted by atomic mass is 19.3. The number of aryl methyl sites for hydroxylation is 1. The number of unbranched alkanes of at least 4 members (excludes halogenated alkanes) is 2. The summed E-state index contributed by atoms with van der Waals surface area (Å²) in [5.74, 6) is 4.10. The molecule has 1 aromatic carbocycles. The molecular weight excluding hydrogens is 404 g/mol. The summed E-state index contributed by atoms with van der Waals surface area (Å²) in [6, 6.07) is 2.40. The number of aromatic nitrogens is 2. The zero-order chi connectivity index (χ0) is 22.2. The highest BCUT2D eigenvalue weighted by Gasteiger charge is 2.19. The van der Waals surface area contributed by atoms with Gasteiger partial charge in [-0.2, -0.15) is 8.78 Å². The third-order valence-corrected chi connectivity index (χ3v) is 5.61. The van der Waals surface area contributed by atoms with Crippen molar-refractivity contribution in [1.82, 2.24) is 9.97 Å². The van der Waals surface area contributed by atoms with Crippen molar-refractivity contribution in [2.75, 3.05) is 0 Å². The van der Waals surface area contributed by atoms with Gasteiger partial charge in [-0.15, -0.1) is 0 Å². The van der Waals surface area contributed by atoms with E-state index < -0.39 is 17.7 Å². The van der Waals surface area contributed by atoms with Gasteiger partial charge in [-0.25, -0.2) is 18.7 Å². The second-order valence-corrected chi connectivity index (χ2v) is 8.02. The lowest BCUT2D eigenvalue weighted by Crippen LogP contribution is -2.11. The number of nitrogens with zero attached hydrogens (tertiary/aromatic N) is 2. The van der Waals surface area contributed by atoms with Crippen molar-refractivity contribution in [3.05, 3.63) is 59.4 Å². The lowest BCUT2D eigenvalue weighted by Gasteiger charge is -2.22. The van der Waals surface area contributed by atoms with Crippen LogP contribution in [0.5, 0.6) is 0 Å². The molecule has 0 atom stereocenters. The fourth-order valence-corrected chi connectivity index (χ4v) is 3.82. The first kappa shape index (κ1) is 23.0. The molecule has 0 amide bonds. The van der Waals surface area contributed by atoms with Gasteiger partial charge in [-0.3, -0.25) is 0 Å². The van der Waals surface area contributed by atoms with E-state index in [-0.39, 0.29) is 28.8 Å². The van der Waals surface area contributed by atoms with E-state index >= 15 is 0 Å². The lowest BCUT2D eigenvalue weighted by molar-refractivity contribution is 0.343. The van der Waals surface area contributed by atoms with Crippen LogP contribution in [-0.4, -0.2) is 9.97 Å². The van der Waals surface area contributed by atoms with Crippen LogP contribution in [-0.2, 0) is 6.42 Å². The number of benzene rings is 1. The van der Waals surface area contributed by atoms with Crippen LogP contribution in [0.1, 0.15) is 63.0 Å².